The van der Waals surface area contributed by atoms with Crippen molar-refractivity contribution in [3.63, 3.8) is 0 Å². The van der Waals surface area contributed by atoms with Gasteiger partial charge in [-0.1, -0.05) is 0 Å². The smallest absolute Gasteiger partial charge is 0.338 e. The van der Waals surface area contributed by atoms with Crippen molar-refractivity contribution in [1.82, 2.24) is 4.90 Å². The number of rotatable bonds is 3. The molecule has 1 N–H and O–H groups in total. The Balaban J connectivity index is 2.07. The average Bonchev–Trinajstić information content (AvgIpc) is 2.60. The Morgan fingerprint density at radius 2 is 1.89 bits per heavy atom. The van der Waals surface area contributed by atoms with E-state index in [1.165, 1.54) is 6.26 Å². The van der Waals surface area contributed by atoms with Gasteiger partial charge in [0.15, 0.2) is 0 Å². The van der Waals surface area contributed by atoms with Gasteiger partial charge in [-0.3, -0.25) is 4.90 Å². The minimum Gasteiger partial charge on any atom is -0.478 e. The lowest BCUT2D eigenvalue weighted by Gasteiger charge is -2.47. The SMILES string of the molecule is CC1(C)CN(Cc2cc(C(=O)O)co2)CC(C)(C)O1. The Morgan fingerprint density at radius 3 is 2.37 bits per heavy atom. The molecule has 1 aromatic rings. The van der Waals surface area contributed by atoms with Crippen LogP contribution >= 0.6 is 0 Å². The van der Waals surface area contributed by atoms with Crippen molar-refractivity contribution in [3.05, 3.63) is 23.7 Å². The fraction of sp³-hybridized carbons (Fsp3) is 0.643. The molecule has 1 saturated heterocycles. The number of morpholine rings is 1. The number of carbonyl (C=O) groups is 1. The Morgan fingerprint density at radius 1 is 1.32 bits per heavy atom. The summed E-state index contributed by atoms with van der Waals surface area (Å²) in [6.45, 7) is 10.4. The lowest BCUT2D eigenvalue weighted by molar-refractivity contribution is -0.182. The molecule has 0 radical (unpaired) electrons. The van der Waals surface area contributed by atoms with E-state index in [9.17, 15) is 4.79 Å². The maximum absolute atomic E-state index is 10.8. The molecule has 1 fully saturated rings. The molecular weight excluding hydrogens is 246 g/mol. The van der Waals surface area contributed by atoms with Gasteiger partial charge in [0.2, 0.25) is 0 Å². The molecule has 0 aromatic carbocycles. The third-order valence-corrected chi connectivity index (χ3v) is 3.04. The minimum absolute atomic E-state index is 0.196. The van der Waals surface area contributed by atoms with Crippen molar-refractivity contribution in [1.29, 1.82) is 0 Å². The second-order valence-corrected chi connectivity index (χ2v) is 6.37. The summed E-state index contributed by atoms with van der Waals surface area (Å²) in [7, 11) is 0. The van der Waals surface area contributed by atoms with Crippen molar-refractivity contribution in [2.45, 2.75) is 45.4 Å². The van der Waals surface area contributed by atoms with E-state index in [1.54, 1.807) is 6.07 Å². The maximum atomic E-state index is 10.8. The van der Waals surface area contributed by atoms with Crippen molar-refractivity contribution < 1.29 is 19.1 Å². The molecule has 1 aliphatic heterocycles. The molecule has 19 heavy (non-hydrogen) atoms. The van der Waals surface area contributed by atoms with E-state index < -0.39 is 5.97 Å². The third-order valence-electron chi connectivity index (χ3n) is 3.04. The van der Waals surface area contributed by atoms with Gasteiger partial charge in [-0.2, -0.15) is 0 Å². The summed E-state index contributed by atoms with van der Waals surface area (Å²) < 4.78 is 11.3. The third kappa shape index (κ3) is 3.58. The lowest BCUT2D eigenvalue weighted by Crippen LogP contribution is -2.56. The van der Waals surface area contributed by atoms with Gasteiger partial charge in [-0.25, -0.2) is 4.79 Å². The first-order chi connectivity index (χ1) is 8.67. The zero-order chi connectivity index (χ0) is 14.3. The van der Waals surface area contributed by atoms with E-state index in [2.05, 4.69) is 32.6 Å². The van der Waals surface area contributed by atoms with Crippen LogP contribution in [0.5, 0.6) is 0 Å². The topological polar surface area (TPSA) is 62.9 Å². The van der Waals surface area contributed by atoms with Crippen LogP contribution in [0.1, 0.15) is 43.8 Å². The number of hydrogen-bond donors (Lipinski definition) is 1. The highest BCUT2D eigenvalue weighted by atomic mass is 16.5. The molecule has 2 heterocycles. The Hall–Kier alpha value is -1.33. The van der Waals surface area contributed by atoms with Crippen molar-refractivity contribution in [2.75, 3.05) is 13.1 Å². The molecule has 1 aromatic heterocycles. The molecule has 2 rings (SSSR count). The van der Waals surface area contributed by atoms with Crippen LogP contribution in [0.25, 0.3) is 0 Å². The molecule has 0 bridgehead atoms. The number of aromatic carboxylic acids is 1. The maximum Gasteiger partial charge on any atom is 0.338 e. The van der Waals surface area contributed by atoms with Crippen LogP contribution in [-0.2, 0) is 11.3 Å². The molecule has 5 nitrogen and oxygen atoms in total. The number of furan rings is 1. The quantitative estimate of drug-likeness (QED) is 0.911. The van der Waals surface area contributed by atoms with Crippen LogP contribution in [0.3, 0.4) is 0 Å². The zero-order valence-electron chi connectivity index (χ0n) is 11.9. The van der Waals surface area contributed by atoms with Gasteiger partial charge in [0.05, 0.1) is 23.3 Å². The largest absolute Gasteiger partial charge is 0.478 e. The van der Waals surface area contributed by atoms with Crippen LogP contribution < -0.4 is 0 Å². The molecule has 0 aliphatic carbocycles. The highest BCUT2D eigenvalue weighted by Crippen LogP contribution is 2.29. The van der Waals surface area contributed by atoms with Gasteiger partial charge in [-0.05, 0) is 33.8 Å². The van der Waals surface area contributed by atoms with Crippen LogP contribution in [0.15, 0.2) is 16.7 Å². The van der Waals surface area contributed by atoms with E-state index in [4.69, 9.17) is 14.3 Å². The first kappa shape index (κ1) is 14.1. The normalized spacial score (nSPS) is 22.3. The molecule has 0 saturated carbocycles. The van der Waals surface area contributed by atoms with Crippen molar-refractivity contribution in [2.24, 2.45) is 0 Å². The number of hydrogen-bond acceptors (Lipinski definition) is 4. The summed E-state index contributed by atoms with van der Waals surface area (Å²) >= 11 is 0. The van der Waals surface area contributed by atoms with E-state index in [1.807, 2.05) is 0 Å². The van der Waals surface area contributed by atoms with Gasteiger partial charge in [0, 0.05) is 13.1 Å². The highest BCUT2D eigenvalue weighted by Gasteiger charge is 2.38. The fourth-order valence-corrected chi connectivity index (χ4v) is 2.85. The fourth-order valence-electron chi connectivity index (χ4n) is 2.85. The number of nitrogens with zero attached hydrogens (tertiary/aromatic N) is 1. The van der Waals surface area contributed by atoms with E-state index in [0.717, 1.165) is 13.1 Å². The molecule has 0 spiro atoms. The highest BCUT2D eigenvalue weighted by molar-refractivity contribution is 5.87. The molecule has 106 valence electrons. The van der Waals surface area contributed by atoms with Crippen LogP contribution in [0, 0.1) is 0 Å². The lowest BCUT2D eigenvalue weighted by atomic mass is 9.99. The molecule has 5 heteroatoms. The minimum atomic E-state index is -0.961. The molecule has 0 amide bonds. The van der Waals surface area contributed by atoms with Gasteiger partial charge in [0.25, 0.3) is 0 Å². The van der Waals surface area contributed by atoms with Gasteiger partial charge in [-0.15, -0.1) is 0 Å². The Kier molecular flexibility index (Phi) is 3.45. The molecular formula is C14H21NO4. The average molecular weight is 267 g/mol. The number of carboxylic acid groups (broad SMARTS) is 1. The predicted octanol–water partition coefficient (Wildman–Crippen LogP) is 2.37. The van der Waals surface area contributed by atoms with Gasteiger partial charge in [0.1, 0.15) is 12.0 Å². The summed E-state index contributed by atoms with van der Waals surface area (Å²) in [5, 5.41) is 8.88. The first-order valence-corrected chi connectivity index (χ1v) is 6.40. The van der Waals surface area contributed by atoms with Crippen molar-refractivity contribution in [3.8, 4) is 0 Å². The molecule has 0 unspecified atom stereocenters. The first-order valence-electron chi connectivity index (χ1n) is 6.40. The Labute approximate surface area is 113 Å². The van der Waals surface area contributed by atoms with Crippen LogP contribution in [-0.4, -0.2) is 40.3 Å². The standard InChI is InChI=1S/C14H21NO4/c1-13(2)8-15(9-14(3,4)19-13)6-11-5-10(7-18-11)12(16)17/h5,7H,6,8-9H2,1-4H3,(H,16,17). The van der Waals surface area contributed by atoms with Crippen LogP contribution in [0.2, 0.25) is 0 Å². The summed E-state index contributed by atoms with van der Waals surface area (Å²) in [6.07, 6.45) is 1.29. The summed E-state index contributed by atoms with van der Waals surface area (Å²) in [5.74, 6) is -0.288. The van der Waals surface area contributed by atoms with E-state index in [-0.39, 0.29) is 16.8 Å². The molecule has 0 atom stereocenters. The summed E-state index contributed by atoms with van der Waals surface area (Å²) in [4.78, 5) is 13.0. The Bertz CT molecular complexity index is 460. The predicted molar refractivity (Wildman–Crippen MR) is 70.2 cm³/mol. The van der Waals surface area contributed by atoms with E-state index >= 15 is 0 Å². The number of carboxylic acids is 1. The zero-order valence-corrected chi connectivity index (χ0v) is 11.9. The monoisotopic (exact) mass is 267 g/mol. The second-order valence-electron chi connectivity index (χ2n) is 6.37. The molecule has 1 aliphatic rings. The second kappa shape index (κ2) is 4.65. The summed E-state index contributed by atoms with van der Waals surface area (Å²) in [5.41, 5.74) is -0.240. The van der Waals surface area contributed by atoms with Crippen molar-refractivity contribution >= 4 is 5.97 Å². The van der Waals surface area contributed by atoms with E-state index in [0.29, 0.717) is 12.3 Å². The van der Waals surface area contributed by atoms with Crippen LogP contribution in [0.4, 0.5) is 0 Å². The van der Waals surface area contributed by atoms with Gasteiger partial charge >= 0.3 is 5.97 Å². The van der Waals surface area contributed by atoms with Gasteiger partial charge < -0.3 is 14.3 Å². The number of ether oxygens (including phenoxy) is 1. The summed E-state index contributed by atoms with van der Waals surface area (Å²) in [6, 6.07) is 1.58.